The van der Waals surface area contributed by atoms with Crippen LogP contribution in [-0.4, -0.2) is 0 Å². The first-order chi connectivity index (χ1) is 28.2. The Kier molecular flexibility index (Phi) is 8.66. The van der Waals surface area contributed by atoms with Crippen LogP contribution in [0.5, 0.6) is 0 Å². The predicted molar refractivity (Wildman–Crippen MR) is 249 cm³/mol. The van der Waals surface area contributed by atoms with Gasteiger partial charge in [0.1, 0.15) is 0 Å². The van der Waals surface area contributed by atoms with Gasteiger partial charge in [-0.05, 0) is 134 Å². The average Bonchev–Trinajstić information content (AvgIpc) is 3.28. The standard InChI is InChI=1S/C54H34.C3H6/c1-2-14-39-32-41(30-24-35(39)12-1)40-15-11-16-42(33-40)54-49-22-9-7-20-47(49)52(48-21-8-10-23-50(48)54)38-28-25-37(26-29-38)51-34-43-31-27-36-13-3-4-17-44(36)53(43)46-19-6-5-18-45(46)51;1-3-2/h1-34H;3H,1H2,2H3. The first-order valence-electron chi connectivity index (χ1n) is 19.7. The number of allylic oxidation sites excluding steroid dienone is 1. The van der Waals surface area contributed by atoms with Gasteiger partial charge in [-0.25, -0.2) is 0 Å². The van der Waals surface area contributed by atoms with Crippen molar-refractivity contribution in [3.63, 3.8) is 0 Å². The van der Waals surface area contributed by atoms with Gasteiger partial charge >= 0.3 is 0 Å². The van der Waals surface area contributed by atoms with E-state index in [-0.39, 0.29) is 0 Å². The Hall–Kier alpha value is -7.28. The highest BCUT2D eigenvalue weighted by molar-refractivity contribution is 6.24. The second-order valence-corrected chi connectivity index (χ2v) is 14.8. The third kappa shape index (κ3) is 5.95. The molecule has 0 radical (unpaired) electrons. The van der Waals surface area contributed by atoms with E-state index in [0.717, 1.165) is 0 Å². The summed E-state index contributed by atoms with van der Waals surface area (Å²) in [5.41, 5.74) is 9.94. The van der Waals surface area contributed by atoms with Gasteiger partial charge in [-0.2, -0.15) is 0 Å². The number of fused-ring (bicyclic) bond motifs is 8. The lowest BCUT2D eigenvalue weighted by molar-refractivity contribution is 1.62. The van der Waals surface area contributed by atoms with E-state index in [1.54, 1.807) is 6.08 Å². The molecule has 0 saturated carbocycles. The Morgan fingerprint density at radius 1 is 0.298 bits per heavy atom. The van der Waals surface area contributed by atoms with Gasteiger partial charge in [0.05, 0.1) is 0 Å². The molecular weight excluding hydrogens is 685 g/mol. The molecule has 0 atom stereocenters. The molecule has 0 spiro atoms. The van der Waals surface area contributed by atoms with Gasteiger partial charge in [0, 0.05) is 0 Å². The van der Waals surface area contributed by atoms with Crippen LogP contribution in [0.3, 0.4) is 0 Å². The molecule has 0 amide bonds. The summed E-state index contributed by atoms with van der Waals surface area (Å²) < 4.78 is 0. The maximum Gasteiger partial charge on any atom is -0.00262 e. The highest BCUT2D eigenvalue weighted by Crippen LogP contribution is 2.45. The van der Waals surface area contributed by atoms with E-state index in [1.807, 2.05) is 6.92 Å². The first kappa shape index (κ1) is 34.2. The summed E-state index contributed by atoms with van der Waals surface area (Å²) >= 11 is 0. The van der Waals surface area contributed by atoms with Crippen LogP contribution in [0, 0.1) is 0 Å². The molecular formula is C57H40. The van der Waals surface area contributed by atoms with E-state index in [1.165, 1.54) is 109 Å². The molecule has 57 heavy (non-hydrogen) atoms. The quantitative estimate of drug-likeness (QED) is 0.0963. The lowest BCUT2D eigenvalue weighted by Crippen LogP contribution is -1.91. The number of benzene rings is 11. The maximum atomic E-state index is 3.36. The van der Waals surface area contributed by atoms with Crippen LogP contribution in [0.4, 0.5) is 0 Å². The van der Waals surface area contributed by atoms with Crippen molar-refractivity contribution in [2.75, 3.05) is 0 Å². The molecule has 0 heteroatoms. The first-order valence-corrected chi connectivity index (χ1v) is 19.7. The molecule has 0 saturated heterocycles. The zero-order valence-corrected chi connectivity index (χ0v) is 31.9. The predicted octanol–water partition coefficient (Wildman–Crippen LogP) is 16.5. The molecule has 11 aromatic rings. The van der Waals surface area contributed by atoms with Gasteiger partial charge in [0.25, 0.3) is 0 Å². The zero-order chi connectivity index (χ0) is 38.3. The smallest absolute Gasteiger partial charge is 0.00262 e. The van der Waals surface area contributed by atoms with E-state index < -0.39 is 0 Å². The normalized spacial score (nSPS) is 11.3. The molecule has 0 heterocycles. The number of rotatable bonds is 4. The lowest BCUT2D eigenvalue weighted by Gasteiger charge is -2.18. The van der Waals surface area contributed by atoms with E-state index in [4.69, 9.17) is 0 Å². The van der Waals surface area contributed by atoms with Crippen molar-refractivity contribution in [2.45, 2.75) is 6.92 Å². The fourth-order valence-electron chi connectivity index (χ4n) is 8.91. The molecule has 11 rings (SSSR count). The number of hydrogen-bond donors (Lipinski definition) is 0. The van der Waals surface area contributed by atoms with Crippen molar-refractivity contribution in [2.24, 2.45) is 0 Å². The summed E-state index contributed by atoms with van der Waals surface area (Å²) in [4.78, 5) is 0. The van der Waals surface area contributed by atoms with Crippen molar-refractivity contribution in [1.82, 2.24) is 0 Å². The molecule has 0 N–H and O–H groups in total. The van der Waals surface area contributed by atoms with Gasteiger partial charge in [-0.15, -0.1) is 6.58 Å². The fraction of sp³-hybridized carbons (Fsp3) is 0.0175. The highest BCUT2D eigenvalue weighted by Gasteiger charge is 2.18. The average molecular weight is 725 g/mol. The van der Waals surface area contributed by atoms with Crippen LogP contribution in [0.15, 0.2) is 219 Å². The largest absolute Gasteiger partial charge is 0.103 e. The number of hydrogen-bond acceptors (Lipinski definition) is 0. The molecule has 0 bridgehead atoms. The summed E-state index contributed by atoms with van der Waals surface area (Å²) in [7, 11) is 0. The van der Waals surface area contributed by atoms with Crippen LogP contribution >= 0.6 is 0 Å². The van der Waals surface area contributed by atoms with Gasteiger partial charge in [-0.1, -0.05) is 194 Å². The molecule has 0 unspecified atom stereocenters. The van der Waals surface area contributed by atoms with Crippen molar-refractivity contribution < 1.29 is 0 Å². The Morgan fingerprint density at radius 2 is 0.737 bits per heavy atom. The maximum absolute atomic E-state index is 3.36. The van der Waals surface area contributed by atoms with E-state index in [2.05, 4.69) is 213 Å². The fourth-order valence-corrected chi connectivity index (χ4v) is 8.91. The second kappa shape index (κ2) is 14.4. The van der Waals surface area contributed by atoms with Gasteiger partial charge in [-0.3, -0.25) is 0 Å². The molecule has 11 aromatic carbocycles. The van der Waals surface area contributed by atoms with Gasteiger partial charge in [0.2, 0.25) is 0 Å². The Bertz CT molecular complexity index is 3250. The topological polar surface area (TPSA) is 0 Å². The van der Waals surface area contributed by atoms with Crippen molar-refractivity contribution in [1.29, 1.82) is 0 Å². The van der Waals surface area contributed by atoms with Crippen LogP contribution in [0.1, 0.15) is 6.92 Å². The summed E-state index contributed by atoms with van der Waals surface area (Å²) in [5.74, 6) is 0. The van der Waals surface area contributed by atoms with E-state index in [9.17, 15) is 0 Å². The van der Waals surface area contributed by atoms with Crippen LogP contribution in [0.25, 0.3) is 109 Å². The Morgan fingerprint density at radius 3 is 1.40 bits per heavy atom. The molecule has 0 aliphatic carbocycles. The lowest BCUT2D eigenvalue weighted by atomic mass is 9.85. The minimum Gasteiger partial charge on any atom is -0.103 e. The summed E-state index contributed by atoms with van der Waals surface area (Å²) in [6.07, 6.45) is 1.75. The SMILES string of the molecule is C=CC.c1cc(-c2ccc3ccccc3c2)cc(-c2c3ccccc3c(-c3ccc(-c4cc5ccc6ccccc6c5c5ccccc45)cc3)c3ccccc23)c1. The third-order valence-electron chi connectivity index (χ3n) is 11.4. The van der Waals surface area contributed by atoms with Crippen LogP contribution in [-0.2, 0) is 0 Å². The van der Waals surface area contributed by atoms with E-state index in [0.29, 0.717) is 0 Å². The highest BCUT2D eigenvalue weighted by atomic mass is 14.2. The van der Waals surface area contributed by atoms with Crippen molar-refractivity contribution in [3.8, 4) is 44.5 Å². The van der Waals surface area contributed by atoms with E-state index >= 15 is 0 Å². The molecule has 0 nitrogen and oxygen atoms in total. The monoisotopic (exact) mass is 724 g/mol. The summed E-state index contributed by atoms with van der Waals surface area (Å²) in [5, 5.41) is 15.3. The van der Waals surface area contributed by atoms with Gasteiger partial charge in [0.15, 0.2) is 0 Å². The van der Waals surface area contributed by atoms with Crippen molar-refractivity contribution >= 4 is 64.6 Å². The summed E-state index contributed by atoms with van der Waals surface area (Å²) in [6, 6.07) is 76.1. The molecule has 268 valence electrons. The molecule has 0 aromatic heterocycles. The minimum atomic E-state index is 1.22. The van der Waals surface area contributed by atoms with Crippen LogP contribution < -0.4 is 0 Å². The molecule has 0 aliphatic rings. The van der Waals surface area contributed by atoms with Crippen LogP contribution in [0.2, 0.25) is 0 Å². The Labute approximate surface area is 333 Å². The second-order valence-electron chi connectivity index (χ2n) is 14.8. The van der Waals surface area contributed by atoms with Crippen molar-refractivity contribution in [3.05, 3.63) is 219 Å². The minimum absolute atomic E-state index is 1.22. The Balaban J connectivity index is 0.00000128. The zero-order valence-electron chi connectivity index (χ0n) is 31.9. The van der Waals surface area contributed by atoms with Gasteiger partial charge < -0.3 is 0 Å². The summed E-state index contributed by atoms with van der Waals surface area (Å²) in [6.45, 7) is 5.25. The third-order valence-corrected chi connectivity index (χ3v) is 11.4. The molecule has 0 aliphatic heterocycles. The molecule has 0 fully saturated rings.